The highest BCUT2D eigenvalue weighted by Gasteiger charge is 2.40. The summed E-state index contributed by atoms with van der Waals surface area (Å²) in [6, 6.07) is 0. The number of hydrogen-bond acceptors (Lipinski definition) is 3. The molecular formula is C15H18N2OS. The van der Waals surface area contributed by atoms with Crippen LogP contribution in [0.25, 0.3) is 10.2 Å². The summed E-state index contributed by atoms with van der Waals surface area (Å²) in [5.74, 6) is 3.10. The van der Waals surface area contributed by atoms with Crippen molar-refractivity contribution in [3.8, 4) is 0 Å². The molecule has 3 nitrogen and oxygen atoms in total. The molecule has 0 amide bonds. The van der Waals surface area contributed by atoms with Crippen molar-refractivity contribution in [1.29, 1.82) is 0 Å². The molecule has 19 heavy (non-hydrogen) atoms. The third-order valence-electron chi connectivity index (χ3n) is 5.06. The molecular weight excluding hydrogens is 256 g/mol. The molecule has 2 aromatic heterocycles. The minimum Gasteiger partial charge on any atom is -0.310 e. The van der Waals surface area contributed by atoms with Crippen LogP contribution in [-0.2, 0) is 6.42 Å². The van der Waals surface area contributed by atoms with Crippen LogP contribution in [0.1, 0.15) is 48.4 Å². The average Bonchev–Trinajstić information content (AvgIpc) is 2.89. The molecule has 100 valence electrons. The number of thiophene rings is 1. The van der Waals surface area contributed by atoms with Crippen LogP contribution in [-0.4, -0.2) is 9.97 Å². The van der Waals surface area contributed by atoms with E-state index in [1.165, 1.54) is 29.7 Å². The zero-order valence-electron chi connectivity index (χ0n) is 11.3. The summed E-state index contributed by atoms with van der Waals surface area (Å²) in [5, 5.41) is 0.878. The van der Waals surface area contributed by atoms with Gasteiger partial charge in [0.2, 0.25) is 0 Å². The van der Waals surface area contributed by atoms with Gasteiger partial charge in [-0.2, -0.15) is 0 Å². The summed E-state index contributed by atoms with van der Waals surface area (Å²) in [6.07, 6.45) is 4.95. The van der Waals surface area contributed by atoms with Gasteiger partial charge in [0.15, 0.2) is 0 Å². The fourth-order valence-electron chi connectivity index (χ4n) is 4.13. The van der Waals surface area contributed by atoms with E-state index in [2.05, 4.69) is 16.9 Å². The van der Waals surface area contributed by atoms with Crippen molar-refractivity contribution in [3.05, 3.63) is 26.6 Å². The maximum absolute atomic E-state index is 12.2. The SMILES string of the molecule is Cc1nc2sc3c(c2c(=O)[nH]1)CC[C@@H]1C3CC[C@@H]1C. The number of aromatic amines is 1. The van der Waals surface area contributed by atoms with E-state index in [1.54, 1.807) is 11.3 Å². The number of aryl methyl sites for hydroxylation is 2. The maximum Gasteiger partial charge on any atom is 0.259 e. The summed E-state index contributed by atoms with van der Waals surface area (Å²) in [5.41, 5.74) is 1.37. The Hall–Kier alpha value is -1.16. The molecule has 4 heteroatoms. The Labute approximate surface area is 116 Å². The lowest BCUT2D eigenvalue weighted by molar-refractivity contribution is 0.349. The smallest absolute Gasteiger partial charge is 0.259 e. The lowest BCUT2D eigenvalue weighted by Crippen LogP contribution is -2.19. The van der Waals surface area contributed by atoms with Gasteiger partial charge >= 0.3 is 0 Å². The number of rotatable bonds is 0. The first-order valence-electron chi connectivity index (χ1n) is 7.17. The van der Waals surface area contributed by atoms with Crippen molar-refractivity contribution in [1.82, 2.24) is 9.97 Å². The average molecular weight is 274 g/mol. The first kappa shape index (κ1) is 11.6. The number of fused-ring (bicyclic) bond motifs is 5. The summed E-state index contributed by atoms with van der Waals surface area (Å²) >= 11 is 1.78. The van der Waals surface area contributed by atoms with Crippen LogP contribution in [0.15, 0.2) is 4.79 Å². The van der Waals surface area contributed by atoms with Crippen LogP contribution >= 0.6 is 11.3 Å². The van der Waals surface area contributed by atoms with Crippen LogP contribution in [0.4, 0.5) is 0 Å². The summed E-state index contributed by atoms with van der Waals surface area (Å²) < 4.78 is 0. The fourth-order valence-corrected chi connectivity index (χ4v) is 5.61. The van der Waals surface area contributed by atoms with E-state index in [1.807, 2.05) is 6.92 Å². The van der Waals surface area contributed by atoms with Gasteiger partial charge in [0.1, 0.15) is 10.7 Å². The maximum atomic E-state index is 12.2. The standard InChI is InChI=1S/C15H18N2OS/c1-7-3-4-10-9(7)5-6-11-12-14(18)16-8(2)17-15(12)19-13(10)11/h7,9-10H,3-6H2,1-2H3,(H,16,17,18)/t7-,9-,10?/m0/s1. The van der Waals surface area contributed by atoms with Crippen molar-refractivity contribution in [2.45, 2.75) is 45.4 Å². The molecule has 0 spiro atoms. The molecule has 2 heterocycles. The molecule has 2 aliphatic carbocycles. The van der Waals surface area contributed by atoms with Crippen molar-refractivity contribution < 1.29 is 0 Å². The zero-order valence-corrected chi connectivity index (χ0v) is 12.1. The summed E-state index contributed by atoms with van der Waals surface area (Å²) in [6.45, 7) is 4.25. The van der Waals surface area contributed by atoms with Gasteiger partial charge in [0.25, 0.3) is 5.56 Å². The van der Waals surface area contributed by atoms with E-state index >= 15 is 0 Å². The Morgan fingerprint density at radius 2 is 2.16 bits per heavy atom. The van der Waals surface area contributed by atoms with E-state index in [-0.39, 0.29) is 5.56 Å². The minimum atomic E-state index is 0.0597. The zero-order chi connectivity index (χ0) is 13.1. The Morgan fingerprint density at radius 3 is 3.00 bits per heavy atom. The van der Waals surface area contributed by atoms with Gasteiger partial charge in [-0.1, -0.05) is 6.92 Å². The number of hydrogen-bond donors (Lipinski definition) is 1. The predicted octanol–water partition coefficient (Wildman–Crippen LogP) is 3.37. The quantitative estimate of drug-likeness (QED) is 0.800. The van der Waals surface area contributed by atoms with Gasteiger partial charge in [0.05, 0.1) is 5.39 Å². The highest BCUT2D eigenvalue weighted by molar-refractivity contribution is 7.19. The van der Waals surface area contributed by atoms with Crippen LogP contribution in [0.5, 0.6) is 0 Å². The van der Waals surface area contributed by atoms with Gasteiger partial charge < -0.3 is 4.98 Å². The largest absolute Gasteiger partial charge is 0.310 e. The molecule has 0 radical (unpaired) electrons. The first-order valence-corrected chi connectivity index (χ1v) is 7.99. The van der Waals surface area contributed by atoms with Gasteiger partial charge in [-0.3, -0.25) is 4.79 Å². The number of nitrogens with zero attached hydrogens (tertiary/aromatic N) is 1. The van der Waals surface area contributed by atoms with Crippen molar-refractivity contribution in [2.75, 3.05) is 0 Å². The Balaban J connectivity index is 1.97. The van der Waals surface area contributed by atoms with Crippen LogP contribution < -0.4 is 5.56 Å². The van der Waals surface area contributed by atoms with Crippen LogP contribution in [0.2, 0.25) is 0 Å². The monoisotopic (exact) mass is 274 g/mol. The molecule has 0 aromatic carbocycles. The van der Waals surface area contributed by atoms with Crippen molar-refractivity contribution in [2.24, 2.45) is 11.8 Å². The van der Waals surface area contributed by atoms with E-state index in [0.717, 1.165) is 34.3 Å². The highest BCUT2D eigenvalue weighted by atomic mass is 32.1. The van der Waals surface area contributed by atoms with Gasteiger partial charge in [-0.25, -0.2) is 4.98 Å². The topological polar surface area (TPSA) is 45.8 Å². The molecule has 2 aliphatic rings. The van der Waals surface area contributed by atoms with E-state index in [0.29, 0.717) is 5.92 Å². The molecule has 1 N–H and O–H groups in total. The predicted molar refractivity (Wildman–Crippen MR) is 77.9 cm³/mol. The molecule has 3 atom stereocenters. The van der Waals surface area contributed by atoms with Gasteiger partial charge in [0, 0.05) is 4.88 Å². The molecule has 1 fully saturated rings. The first-order chi connectivity index (χ1) is 9.15. The molecule has 0 saturated heterocycles. The second-order valence-electron chi connectivity index (χ2n) is 6.14. The van der Waals surface area contributed by atoms with Gasteiger partial charge in [-0.15, -0.1) is 11.3 Å². The Morgan fingerprint density at radius 1 is 1.32 bits per heavy atom. The number of nitrogens with one attached hydrogen (secondary N) is 1. The van der Waals surface area contributed by atoms with Crippen molar-refractivity contribution in [3.63, 3.8) is 0 Å². The third-order valence-corrected chi connectivity index (χ3v) is 6.31. The van der Waals surface area contributed by atoms with E-state index in [9.17, 15) is 4.79 Å². The van der Waals surface area contributed by atoms with E-state index in [4.69, 9.17) is 0 Å². The second kappa shape index (κ2) is 3.92. The molecule has 1 saturated carbocycles. The Kier molecular flexibility index (Phi) is 2.40. The van der Waals surface area contributed by atoms with Crippen LogP contribution in [0, 0.1) is 18.8 Å². The second-order valence-corrected chi connectivity index (χ2v) is 7.17. The molecule has 4 rings (SSSR count). The molecule has 2 aromatic rings. The number of H-pyrrole nitrogens is 1. The molecule has 0 bridgehead atoms. The van der Waals surface area contributed by atoms with Crippen LogP contribution in [0.3, 0.4) is 0 Å². The summed E-state index contributed by atoms with van der Waals surface area (Å²) in [4.78, 5) is 22.0. The highest BCUT2D eigenvalue weighted by Crippen LogP contribution is 2.52. The number of aromatic nitrogens is 2. The van der Waals surface area contributed by atoms with E-state index < -0.39 is 0 Å². The molecule has 1 unspecified atom stereocenters. The fraction of sp³-hybridized carbons (Fsp3) is 0.600. The lowest BCUT2D eigenvalue weighted by Gasteiger charge is -2.27. The normalized spacial score (nSPS) is 29.5. The lowest BCUT2D eigenvalue weighted by atomic mass is 9.78. The Bertz CT molecular complexity index is 715. The summed E-state index contributed by atoms with van der Waals surface area (Å²) in [7, 11) is 0. The molecule has 0 aliphatic heterocycles. The minimum absolute atomic E-state index is 0.0597. The van der Waals surface area contributed by atoms with Crippen molar-refractivity contribution >= 4 is 21.6 Å². The van der Waals surface area contributed by atoms with Gasteiger partial charge in [-0.05, 0) is 55.9 Å². The third kappa shape index (κ3) is 1.55.